The molecule has 1 aromatic carbocycles. The van der Waals surface area contributed by atoms with Gasteiger partial charge in [-0.25, -0.2) is 13.8 Å². The lowest BCUT2D eigenvalue weighted by atomic mass is 9.80. The molecular weight excluding hydrogens is 454 g/mol. The van der Waals surface area contributed by atoms with Crippen LogP contribution in [0.25, 0.3) is 10.6 Å². The second-order valence-electron chi connectivity index (χ2n) is 8.34. The molecule has 0 bridgehead atoms. The Hall–Kier alpha value is -2.93. The van der Waals surface area contributed by atoms with Crippen molar-refractivity contribution in [1.29, 1.82) is 0 Å². The molecule has 0 saturated carbocycles. The quantitative estimate of drug-likeness (QED) is 0.377. The van der Waals surface area contributed by atoms with E-state index in [-0.39, 0.29) is 39.9 Å². The number of amides is 1. The minimum atomic E-state index is -1.13. The summed E-state index contributed by atoms with van der Waals surface area (Å²) in [4.78, 5) is 16.9. The smallest absolute Gasteiger partial charge is 0.277 e. The fourth-order valence-electron chi connectivity index (χ4n) is 3.83. The summed E-state index contributed by atoms with van der Waals surface area (Å²) in [7, 11) is 0. The van der Waals surface area contributed by atoms with Gasteiger partial charge in [-0.15, -0.1) is 0 Å². The number of carbonyl (C=O) groups is 1. The van der Waals surface area contributed by atoms with Crippen LogP contribution >= 0.6 is 11.3 Å². The number of halogens is 2. The SMILES string of the molecule is CC1C(Cc2[nH]ncc2NC(=O)c2nc(-c3c(F)cccc3F)sc2N)OCC(C)(O)C1N. The number of carbonyl (C=O) groups excluding carboxylic acids is 1. The zero-order chi connectivity index (χ0) is 23.9. The van der Waals surface area contributed by atoms with Crippen LogP contribution in [0.4, 0.5) is 19.5 Å². The molecule has 2 aromatic heterocycles. The highest BCUT2D eigenvalue weighted by Crippen LogP contribution is 2.34. The van der Waals surface area contributed by atoms with Crippen molar-refractivity contribution in [2.24, 2.45) is 11.7 Å². The van der Waals surface area contributed by atoms with Gasteiger partial charge < -0.3 is 26.6 Å². The third-order valence-electron chi connectivity index (χ3n) is 5.88. The van der Waals surface area contributed by atoms with Gasteiger partial charge >= 0.3 is 0 Å². The van der Waals surface area contributed by atoms with Crippen LogP contribution in [0.2, 0.25) is 0 Å². The van der Waals surface area contributed by atoms with Crippen LogP contribution in [0, 0.1) is 17.6 Å². The number of hydrogen-bond donors (Lipinski definition) is 5. The van der Waals surface area contributed by atoms with E-state index in [2.05, 4.69) is 20.5 Å². The lowest BCUT2D eigenvalue weighted by Crippen LogP contribution is -2.60. The van der Waals surface area contributed by atoms with Crippen molar-refractivity contribution < 1.29 is 23.4 Å². The van der Waals surface area contributed by atoms with Crippen LogP contribution in [0.1, 0.15) is 30.0 Å². The zero-order valence-corrected chi connectivity index (χ0v) is 18.7. The first-order valence-corrected chi connectivity index (χ1v) is 11.0. The topological polar surface area (TPSA) is 152 Å². The number of aromatic nitrogens is 3. The van der Waals surface area contributed by atoms with Gasteiger partial charge in [0.1, 0.15) is 27.2 Å². The van der Waals surface area contributed by atoms with Crippen LogP contribution in [-0.4, -0.2) is 50.5 Å². The zero-order valence-electron chi connectivity index (χ0n) is 17.9. The van der Waals surface area contributed by atoms with Crippen molar-refractivity contribution in [2.75, 3.05) is 17.7 Å². The van der Waals surface area contributed by atoms with Gasteiger partial charge in [0.05, 0.1) is 35.9 Å². The molecule has 4 rings (SSSR count). The Morgan fingerprint density at radius 2 is 2.12 bits per heavy atom. The number of anilines is 2. The number of rotatable bonds is 5. The third kappa shape index (κ3) is 4.47. The molecule has 4 atom stereocenters. The maximum absolute atomic E-state index is 14.1. The first kappa shape index (κ1) is 23.2. The molecule has 1 fully saturated rings. The van der Waals surface area contributed by atoms with Gasteiger partial charge in [0.25, 0.3) is 5.91 Å². The van der Waals surface area contributed by atoms with E-state index in [1.54, 1.807) is 6.92 Å². The molecule has 0 spiro atoms. The molecular formula is C21H24F2N6O3S. The fraction of sp³-hybridized carbons (Fsp3) is 0.381. The Bertz CT molecular complexity index is 1160. The molecule has 9 nitrogen and oxygen atoms in total. The summed E-state index contributed by atoms with van der Waals surface area (Å²) in [5.41, 5.74) is 11.4. The lowest BCUT2D eigenvalue weighted by Gasteiger charge is -2.43. The molecule has 1 aliphatic heterocycles. The van der Waals surface area contributed by atoms with Gasteiger partial charge in [0.15, 0.2) is 5.69 Å². The molecule has 1 amide bonds. The Kier molecular flexibility index (Phi) is 6.18. The number of hydrogen-bond acceptors (Lipinski definition) is 8. The molecule has 0 aliphatic carbocycles. The summed E-state index contributed by atoms with van der Waals surface area (Å²) in [6.07, 6.45) is 1.48. The normalized spacial score (nSPS) is 25.2. The highest BCUT2D eigenvalue weighted by molar-refractivity contribution is 7.19. The van der Waals surface area contributed by atoms with Crippen molar-refractivity contribution in [1.82, 2.24) is 15.2 Å². The van der Waals surface area contributed by atoms with E-state index in [1.165, 1.54) is 12.3 Å². The lowest BCUT2D eigenvalue weighted by molar-refractivity contribution is -0.146. The van der Waals surface area contributed by atoms with Crippen molar-refractivity contribution in [3.05, 3.63) is 47.4 Å². The number of benzene rings is 1. The highest BCUT2D eigenvalue weighted by Gasteiger charge is 2.42. The van der Waals surface area contributed by atoms with E-state index >= 15 is 0 Å². The van der Waals surface area contributed by atoms with Gasteiger partial charge in [-0.05, 0) is 19.1 Å². The monoisotopic (exact) mass is 478 g/mol. The number of ether oxygens (including phenoxy) is 1. The van der Waals surface area contributed by atoms with Gasteiger partial charge in [0.2, 0.25) is 0 Å². The fourth-order valence-corrected chi connectivity index (χ4v) is 4.71. The number of aromatic amines is 1. The van der Waals surface area contributed by atoms with E-state index < -0.39 is 29.2 Å². The predicted octanol–water partition coefficient (Wildman–Crippen LogP) is 2.30. The number of H-pyrrole nitrogens is 1. The van der Waals surface area contributed by atoms with Crippen LogP contribution in [-0.2, 0) is 11.2 Å². The van der Waals surface area contributed by atoms with E-state index in [0.717, 1.165) is 23.5 Å². The largest absolute Gasteiger partial charge is 0.389 e. The van der Waals surface area contributed by atoms with Crippen molar-refractivity contribution in [3.63, 3.8) is 0 Å². The maximum atomic E-state index is 14.1. The predicted molar refractivity (Wildman–Crippen MR) is 120 cm³/mol. The average molecular weight is 479 g/mol. The Labute approximate surface area is 192 Å². The molecule has 3 aromatic rings. The van der Waals surface area contributed by atoms with Gasteiger partial charge in [0, 0.05) is 18.4 Å². The number of nitrogens with one attached hydrogen (secondary N) is 2. The Morgan fingerprint density at radius 3 is 2.82 bits per heavy atom. The third-order valence-corrected chi connectivity index (χ3v) is 6.78. The van der Waals surface area contributed by atoms with Crippen LogP contribution in [0.5, 0.6) is 0 Å². The number of aliphatic hydroxyl groups is 1. The first-order valence-electron chi connectivity index (χ1n) is 10.2. The molecule has 33 heavy (non-hydrogen) atoms. The second-order valence-corrected chi connectivity index (χ2v) is 9.37. The summed E-state index contributed by atoms with van der Waals surface area (Å²) in [5.74, 6) is -2.40. The highest BCUT2D eigenvalue weighted by atomic mass is 32.1. The standard InChI is InChI=1S/C21H24F2N6O3S/c1-9-14(32-8-21(2,31)17(9)24)6-12-13(7-26-29-12)27-19(30)16-18(25)33-20(28-16)15-10(22)4-3-5-11(15)23/h3-5,7,9,14,17,31H,6,8,24-25H2,1-2H3,(H,26,29)(H,27,30). The van der Waals surface area contributed by atoms with Crippen molar-refractivity contribution in [2.45, 2.75) is 38.0 Å². The molecule has 1 aliphatic rings. The molecule has 3 heterocycles. The van der Waals surface area contributed by atoms with E-state index in [9.17, 15) is 18.7 Å². The van der Waals surface area contributed by atoms with E-state index in [4.69, 9.17) is 16.2 Å². The molecule has 4 unspecified atom stereocenters. The maximum Gasteiger partial charge on any atom is 0.277 e. The molecule has 12 heteroatoms. The van der Waals surface area contributed by atoms with Gasteiger partial charge in [-0.2, -0.15) is 5.10 Å². The molecule has 1 saturated heterocycles. The Morgan fingerprint density at radius 1 is 1.42 bits per heavy atom. The Balaban J connectivity index is 1.51. The number of nitrogen functional groups attached to an aromatic ring is 1. The minimum Gasteiger partial charge on any atom is -0.389 e. The van der Waals surface area contributed by atoms with E-state index in [0.29, 0.717) is 17.8 Å². The van der Waals surface area contributed by atoms with Crippen LogP contribution in [0.3, 0.4) is 0 Å². The number of nitrogens with zero attached hydrogens (tertiary/aromatic N) is 2. The summed E-state index contributed by atoms with van der Waals surface area (Å²) >= 11 is 0.815. The van der Waals surface area contributed by atoms with Crippen LogP contribution in [0.15, 0.2) is 24.4 Å². The van der Waals surface area contributed by atoms with Crippen LogP contribution < -0.4 is 16.8 Å². The summed E-state index contributed by atoms with van der Waals surface area (Å²) < 4.78 is 34.0. The number of thiazole rings is 1. The van der Waals surface area contributed by atoms with Gasteiger partial charge in [-0.1, -0.05) is 24.3 Å². The molecule has 7 N–H and O–H groups in total. The molecule has 176 valence electrons. The molecule has 0 radical (unpaired) electrons. The summed E-state index contributed by atoms with van der Waals surface area (Å²) in [6.45, 7) is 3.60. The van der Waals surface area contributed by atoms with Gasteiger partial charge in [-0.3, -0.25) is 9.89 Å². The number of nitrogens with two attached hydrogens (primary N) is 2. The van der Waals surface area contributed by atoms with Crippen molar-refractivity contribution in [3.8, 4) is 10.6 Å². The summed E-state index contributed by atoms with van der Waals surface area (Å²) in [5, 5.41) is 19.8. The summed E-state index contributed by atoms with van der Waals surface area (Å²) in [6, 6.07) is 2.97. The second kappa shape index (κ2) is 8.78. The average Bonchev–Trinajstić information content (AvgIpc) is 3.35. The first-order chi connectivity index (χ1) is 15.6. The minimum absolute atomic E-state index is 0.0210. The van der Waals surface area contributed by atoms with Crippen molar-refractivity contribution >= 4 is 27.9 Å². The van der Waals surface area contributed by atoms with E-state index in [1.807, 2.05) is 6.92 Å².